The van der Waals surface area contributed by atoms with Crippen LogP contribution >= 0.6 is 11.6 Å². The van der Waals surface area contributed by atoms with Gasteiger partial charge in [0, 0.05) is 18.6 Å². The molecule has 1 N–H and O–H groups in total. The van der Waals surface area contributed by atoms with Crippen molar-refractivity contribution in [2.24, 2.45) is 0 Å². The number of rotatable bonds is 7. The summed E-state index contributed by atoms with van der Waals surface area (Å²) in [6, 6.07) is 25.5. The van der Waals surface area contributed by atoms with Crippen LogP contribution in [0.15, 0.2) is 84.9 Å². The summed E-state index contributed by atoms with van der Waals surface area (Å²) >= 11 is 6.00. The van der Waals surface area contributed by atoms with E-state index in [1.54, 1.807) is 24.1 Å². The van der Waals surface area contributed by atoms with Gasteiger partial charge in [-0.15, -0.1) is 0 Å². The van der Waals surface area contributed by atoms with Crippen LogP contribution in [0.3, 0.4) is 0 Å². The minimum atomic E-state index is -0.729. The Balaban J connectivity index is 1.98. The third-order valence-electron chi connectivity index (χ3n) is 4.71. The predicted octanol–water partition coefficient (Wildman–Crippen LogP) is 4.40. The van der Waals surface area contributed by atoms with Gasteiger partial charge in [-0.3, -0.25) is 9.59 Å². The molecule has 1 atom stereocenters. The van der Waals surface area contributed by atoms with Crippen LogP contribution < -0.4 is 5.32 Å². The fraction of sp³-hybridized carbons (Fsp3) is 0.167. The Bertz CT molecular complexity index is 944. The van der Waals surface area contributed by atoms with Crippen LogP contribution in [0.4, 0.5) is 0 Å². The van der Waals surface area contributed by atoms with Gasteiger partial charge in [-0.1, -0.05) is 84.4 Å². The first-order chi connectivity index (χ1) is 14.1. The topological polar surface area (TPSA) is 49.4 Å². The Morgan fingerprint density at radius 3 is 2.03 bits per heavy atom. The molecular formula is C24H23ClN2O2. The van der Waals surface area contributed by atoms with Gasteiger partial charge in [-0.05, 0) is 28.8 Å². The Hall–Kier alpha value is -3.11. The fourth-order valence-electron chi connectivity index (χ4n) is 3.23. The smallest absolute Gasteiger partial charge is 0.247 e. The molecule has 3 aromatic carbocycles. The SMILES string of the molecule is CNC(=O)C(c1ccccc1)N(Cc1ccc(Cl)cc1)C(=O)Cc1ccccc1. The van der Waals surface area contributed by atoms with Crippen molar-refractivity contribution in [1.29, 1.82) is 0 Å². The van der Waals surface area contributed by atoms with Gasteiger partial charge in [-0.25, -0.2) is 0 Å². The highest BCUT2D eigenvalue weighted by atomic mass is 35.5. The van der Waals surface area contributed by atoms with Crippen molar-refractivity contribution in [2.75, 3.05) is 7.05 Å². The second kappa shape index (κ2) is 9.89. The number of hydrogen-bond acceptors (Lipinski definition) is 2. The van der Waals surface area contributed by atoms with E-state index >= 15 is 0 Å². The van der Waals surface area contributed by atoms with Crippen molar-refractivity contribution in [3.8, 4) is 0 Å². The molecule has 0 aromatic heterocycles. The van der Waals surface area contributed by atoms with E-state index in [0.29, 0.717) is 11.6 Å². The highest BCUT2D eigenvalue weighted by molar-refractivity contribution is 6.30. The predicted molar refractivity (Wildman–Crippen MR) is 115 cm³/mol. The van der Waals surface area contributed by atoms with Gasteiger partial charge in [0.2, 0.25) is 11.8 Å². The van der Waals surface area contributed by atoms with Gasteiger partial charge < -0.3 is 10.2 Å². The number of carbonyl (C=O) groups excluding carboxylic acids is 2. The van der Waals surface area contributed by atoms with Gasteiger partial charge in [-0.2, -0.15) is 0 Å². The summed E-state index contributed by atoms with van der Waals surface area (Å²) < 4.78 is 0. The molecule has 0 aliphatic heterocycles. The number of carbonyl (C=O) groups is 2. The lowest BCUT2D eigenvalue weighted by atomic mass is 10.0. The summed E-state index contributed by atoms with van der Waals surface area (Å²) in [6.07, 6.45) is 0.217. The minimum absolute atomic E-state index is 0.122. The molecule has 0 aliphatic carbocycles. The first-order valence-electron chi connectivity index (χ1n) is 9.43. The van der Waals surface area contributed by atoms with Crippen molar-refractivity contribution in [3.05, 3.63) is 107 Å². The summed E-state index contributed by atoms with van der Waals surface area (Å²) in [5.41, 5.74) is 2.57. The van der Waals surface area contributed by atoms with Crippen molar-refractivity contribution >= 4 is 23.4 Å². The second-order valence-electron chi connectivity index (χ2n) is 6.74. The summed E-state index contributed by atoms with van der Waals surface area (Å²) in [4.78, 5) is 27.8. The third-order valence-corrected chi connectivity index (χ3v) is 4.96. The highest BCUT2D eigenvalue weighted by Gasteiger charge is 2.30. The second-order valence-corrected chi connectivity index (χ2v) is 7.17. The standard InChI is InChI=1S/C24H23ClN2O2/c1-26-24(29)23(20-10-6-3-7-11-20)27(17-19-12-14-21(25)15-13-19)22(28)16-18-8-4-2-5-9-18/h2-15,23H,16-17H2,1H3,(H,26,29). The third kappa shape index (κ3) is 5.46. The van der Waals surface area contributed by atoms with E-state index in [9.17, 15) is 9.59 Å². The van der Waals surface area contributed by atoms with E-state index in [0.717, 1.165) is 16.7 Å². The van der Waals surface area contributed by atoms with Crippen LogP contribution in [0, 0.1) is 0 Å². The zero-order valence-corrected chi connectivity index (χ0v) is 17.0. The quantitative estimate of drug-likeness (QED) is 0.632. The average Bonchev–Trinajstić information content (AvgIpc) is 2.76. The molecule has 5 heteroatoms. The molecule has 148 valence electrons. The van der Waals surface area contributed by atoms with Gasteiger partial charge in [0.05, 0.1) is 6.42 Å². The average molecular weight is 407 g/mol. The Morgan fingerprint density at radius 1 is 0.862 bits per heavy atom. The van der Waals surface area contributed by atoms with E-state index < -0.39 is 6.04 Å². The van der Waals surface area contributed by atoms with Crippen molar-refractivity contribution in [1.82, 2.24) is 10.2 Å². The molecule has 0 aliphatic rings. The molecule has 0 spiro atoms. The molecule has 2 amide bonds. The maximum Gasteiger partial charge on any atom is 0.247 e. The first-order valence-corrected chi connectivity index (χ1v) is 9.80. The molecule has 29 heavy (non-hydrogen) atoms. The zero-order valence-electron chi connectivity index (χ0n) is 16.2. The number of likely N-dealkylation sites (N-methyl/N-ethyl adjacent to an activating group) is 1. The van der Waals surface area contributed by atoms with E-state index in [4.69, 9.17) is 11.6 Å². The molecule has 3 aromatic rings. The van der Waals surface area contributed by atoms with Gasteiger partial charge in [0.25, 0.3) is 0 Å². The van der Waals surface area contributed by atoms with Crippen LogP contribution in [-0.4, -0.2) is 23.8 Å². The number of benzene rings is 3. The molecule has 3 rings (SSSR count). The minimum Gasteiger partial charge on any atom is -0.357 e. The van der Waals surface area contributed by atoms with Gasteiger partial charge >= 0.3 is 0 Å². The number of amides is 2. The number of nitrogens with zero attached hydrogens (tertiary/aromatic N) is 1. The maximum absolute atomic E-state index is 13.3. The summed E-state index contributed by atoms with van der Waals surface area (Å²) in [5.74, 6) is -0.352. The molecule has 0 heterocycles. The Labute approximate surface area is 176 Å². The largest absolute Gasteiger partial charge is 0.357 e. The first kappa shape index (κ1) is 20.6. The van der Waals surface area contributed by atoms with Crippen LogP contribution in [-0.2, 0) is 22.6 Å². The van der Waals surface area contributed by atoms with Gasteiger partial charge in [0.1, 0.15) is 6.04 Å². The van der Waals surface area contributed by atoms with E-state index in [2.05, 4.69) is 5.32 Å². The van der Waals surface area contributed by atoms with Crippen LogP contribution in [0.1, 0.15) is 22.7 Å². The van der Waals surface area contributed by atoms with Crippen molar-refractivity contribution in [3.63, 3.8) is 0 Å². The zero-order chi connectivity index (χ0) is 20.6. The summed E-state index contributed by atoms with van der Waals surface area (Å²) in [6.45, 7) is 0.301. The number of nitrogens with one attached hydrogen (secondary N) is 1. The molecular weight excluding hydrogens is 384 g/mol. The Kier molecular flexibility index (Phi) is 7.04. The van der Waals surface area contributed by atoms with Crippen molar-refractivity contribution in [2.45, 2.75) is 19.0 Å². The number of hydrogen-bond donors (Lipinski definition) is 1. The van der Waals surface area contributed by atoms with E-state index in [1.165, 1.54) is 0 Å². The summed E-state index contributed by atoms with van der Waals surface area (Å²) in [5, 5.41) is 3.33. The van der Waals surface area contributed by atoms with Gasteiger partial charge in [0.15, 0.2) is 0 Å². The van der Waals surface area contributed by atoms with E-state index in [-0.39, 0.29) is 18.2 Å². The lowest BCUT2D eigenvalue weighted by Gasteiger charge is -2.31. The summed E-state index contributed by atoms with van der Waals surface area (Å²) in [7, 11) is 1.58. The van der Waals surface area contributed by atoms with E-state index in [1.807, 2.05) is 72.8 Å². The molecule has 0 bridgehead atoms. The van der Waals surface area contributed by atoms with Crippen LogP contribution in [0.5, 0.6) is 0 Å². The highest BCUT2D eigenvalue weighted by Crippen LogP contribution is 2.25. The molecule has 1 unspecified atom stereocenters. The molecule has 0 fully saturated rings. The molecule has 0 radical (unpaired) electrons. The normalized spacial score (nSPS) is 11.5. The van der Waals surface area contributed by atoms with Crippen LogP contribution in [0.2, 0.25) is 5.02 Å². The number of halogens is 1. The van der Waals surface area contributed by atoms with Crippen LogP contribution in [0.25, 0.3) is 0 Å². The van der Waals surface area contributed by atoms with Crippen molar-refractivity contribution < 1.29 is 9.59 Å². The molecule has 4 nitrogen and oxygen atoms in total. The Morgan fingerprint density at radius 2 is 1.45 bits per heavy atom. The molecule has 0 saturated carbocycles. The molecule has 0 saturated heterocycles. The fourth-order valence-corrected chi connectivity index (χ4v) is 3.35. The maximum atomic E-state index is 13.3. The monoisotopic (exact) mass is 406 g/mol. The lowest BCUT2D eigenvalue weighted by molar-refractivity contribution is -0.141. The lowest BCUT2D eigenvalue weighted by Crippen LogP contribution is -2.43.